The summed E-state index contributed by atoms with van der Waals surface area (Å²) in [7, 11) is 0. The highest BCUT2D eigenvalue weighted by Crippen LogP contribution is 2.22. The monoisotopic (exact) mass is 396 g/mol. The van der Waals surface area contributed by atoms with E-state index in [9.17, 15) is 14.4 Å². The van der Waals surface area contributed by atoms with Crippen molar-refractivity contribution < 1.29 is 18.8 Å². The van der Waals surface area contributed by atoms with Crippen LogP contribution in [0, 0.1) is 6.92 Å². The zero-order chi connectivity index (χ0) is 20.4. The number of amides is 4. The van der Waals surface area contributed by atoms with Crippen molar-refractivity contribution >= 4 is 23.5 Å². The molecular formula is C21H24N4O4. The molecule has 0 spiro atoms. The zero-order valence-corrected chi connectivity index (χ0v) is 16.3. The number of carbonyl (C=O) groups excluding carboxylic acids is 3. The van der Waals surface area contributed by atoms with Gasteiger partial charge in [0.15, 0.2) is 5.76 Å². The molecule has 4 amide bonds. The maximum absolute atomic E-state index is 12.7. The van der Waals surface area contributed by atoms with Crippen molar-refractivity contribution in [2.75, 3.05) is 31.5 Å². The molecule has 0 radical (unpaired) electrons. The van der Waals surface area contributed by atoms with E-state index in [4.69, 9.17) is 4.42 Å². The van der Waals surface area contributed by atoms with Crippen LogP contribution in [0.5, 0.6) is 0 Å². The van der Waals surface area contributed by atoms with Gasteiger partial charge in [-0.1, -0.05) is 6.07 Å². The Balaban J connectivity index is 1.35. The lowest BCUT2D eigenvalue weighted by molar-refractivity contribution is 0.0640. The lowest BCUT2D eigenvalue weighted by atomic mass is 10.1. The number of nitrogens with zero attached hydrogens (tertiary/aromatic N) is 2. The number of urea groups is 1. The van der Waals surface area contributed by atoms with E-state index < -0.39 is 0 Å². The van der Waals surface area contributed by atoms with Crippen LogP contribution in [0.3, 0.4) is 0 Å². The third-order valence-corrected chi connectivity index (χ3v) is 5.24. The van der Waals surface area contributed by atoms with Crippen LogP contribution in [0.2, 0.25) is 0 Å². The molecule has 1 aliphatic heterocycles. The van der Waals surface area contributed by atoms with Crippen molar-refractivity contribution in [3.63, 3.8) is 0 Å². The number of aryl methyl sites for hydroxylation is 1. The van der Waals surface area contributed by atoms with Crippen LogP contribution in [0.4, 0.5) is 10.5 Å². The van der Waals surface area contributed by atoms with Gasteiger partial charge in [0.2, 0.25) is 0 Å². The Hall–Kier alpha value is -3.29. The Kier molecular flexibility index (Phi) is 5.24. The van der Waals surface area contributed by atoms with Crippen LogP contribution in [0.15, 0.2) is 41.0 Å². The van der Waals surface area contributed by atoms with Gasteiger partial charge >= 0.3 is 6.03 Å². The van der Waals surface area contributed by atoms with Gasteiger partial charge in [-0.05, 0) is 49.6 Å². The largest absolute Gasteiger partial charge is 0.459 e. The predicted molar refractivity (Wildman–Crippen MR) is 107 cm³/mol. The van der Waals surface area contributed by atoms with Crippen molar-refractivity contribution in [2.45, 2.75) is 25.8 Å². The molecule has 2 aliphatic rings. The molecule has 2 fully saturated rings. The number of carbonyl (C=O) groups is 3. The summed E-state index contributed by atoms with van der Waals surface area (Å²) in [5.74, 6) is 0.0214. The van der Waals surface area contributed by atoms with Crippen molar-refractivity contribution in [1.82, 2.24) is 15.1 Å². The molecular weight excluding hydrogens is 372 g/mol. The van der Waals surface area contributed by atoms with E-state index in [0.29, 0.717) is 43.2 Å². The smallest absolute Gasteiger partial charge is 0.321 e. The molecule has 29 heavy (non-hydrogen) atoms. The number of hydrogen-bond acceptors (Lipinski definition) is 4. The van der Waals surface area contributed by atoms with Gasteiger partial charge in [-0.2, -0.15) is 0 Å². The van der Waals surface area contributed by atoms with Crippen LogP contribution in [0.25, 0.3) is 0 Å². The first kappa shape index (κ1) is 19.0. The number of hydrogen-bond donors (Lipinski definition) is 2. The standard InChI is InChI=1S/C21H24N4O4/c1-14-4-5-15(19(26)22-16-6-7-16)13-17(14)23-21(28)25-10-8-24(9-11-25)20(27)18-3-2-12-29-18/h2-5,12-13,16H,6-11H2,1H3,(H,22,26)(H,23,28). The normalized spacial score (nSPS) is 16.4. The maximum Gasteiger partial charge on any atom is 0.321 e. The third kappa shape index (κ3) is 4.42. The second kappa shape index (κ2) is 7.98. The van der Waals surface area contributed by atoms with E-state index in [1.54, 1.807) is 34.1 Å². The van der Waals surface area contributed by atoms with Gasteiger partial charge in [0.1, 0.15) is 0 Å². The summed E-state index contributed by atoms with van der Waals surface area (Å²) in [6, 6.07) is 8.66. The molecule has 0 atom stereocenters. The highest BCUT2D eigenvalue weighted by molar-refractivity contribution is 5.98. The first-order valence-electron chi connectivity index (χ1n) is 9.81. The number of benzene rings is 1. The predicted octanol–water partition coefficient (Wildman–Crippen LogP) is 2.47. The highest BCUT2D eigenvalue weighted by Gasteiger charge is 2.27. The summed E-state index contributed by atoms with van der Waals surface area (Å²) in [5, 5.41) is 5.85. The van der Waals surface area contributed by atoms with Crippen molar-refractivity contribution in [3.05, 3.63) is 53.5 Å². The molecule has 0 unspecified atom stereocenters. The first-order valence-corrected chi connectivity index (χ1v) is 9.81. The number of rotatable bonds is 4. The summed E-state index contributed by atoms with van der Waals surface area (Å²) >= 11 is 0. The number of piperazine rings is 1. The third-order valence-electron chi connectivity index (χ3n) is 5.24. The molecule has 1 saturated heterocycles. The molecule has 4 rings (SSSR count). The molecule has 0 bridgehead atoms. The quantitative estimate of drug-likeness (QED) is 0.830. The lowest BCUT2D eigenvalue weighted by Gasteiger charge is -2.34. The van der Waals surface area contributed by atoms with Crippen LogP contribution in [-0.4, -0.2) is 59.9 Å². The van der Waals surface area contributed by atoms with Gasteiger partial charge in [0.05, 0.1) is 6.26 Å². The fraction of sp³-hybridized carbons (Fsp3) is 0.381. The van der Waals surface area contributed by atoms with Gasteiger partial charge in [-0.3, -0.25) is 9.59 Å². The molecule has 2 N–H and O–H groups in total. The van der Waals surface area contributed by atoms with Crippen molar-refractivity contribution in [1.29, 1.82) is 0 Å². The van der Waals surface area contributed by atoms with Crippen molar-refractivity contribution in [3.8, 4) is 0 Å². The van der Waals surface area contributed by atoms with Gasteiger partial charge in [-0.25, -0.2) is 4.79 Å². The lowest BCUT2D eigenvalue weighted by Crippen LogP contribution is -2.51. The van der Waals surface area contributed by atoms with E-state index in [1.165, 1.54) is 6.26 Å². The molecule has 8 heteroatoms. The van der Waals surface area contributed by atoms with Gasteiger partial charge in [0, 0.05) is 43.5 Å². The molecule has 1 aliphatic carbocycles. The Morgan fingerprint density at radius 1 is 1.03 bits per heavy atom. The maximum atomic E-state index is 12.7. The van der Waals surface area contributed by atoms with Gasteiger partial charge in [0.25, 0.3) is 11.8 Å². The fourth-order valence-corrected chi connectivity index (χ4v) is 3.26. The van der Waals surface area contributed by atoms with E-state index in [0.717, 1.165) is 18.4 Å². The van der Waals surface area contributed by atoms with E-state index in [-0.39, 0.29) is 23.9 Å². The van der Waals surface area contributed by atoms with Crippen LogP contribution < -0.4 is 10.6 Å². The minimum absolute atomic E-state index is 0.118. The highest BCUT2D eigenvalue weighted by atomic mass is 16.3. The average Bonchev–Trinajstić information content (AvgIpc) is 3.37. The van der Waals surface area contributed by atoms with Crippen molar-refractivity contribution in [2.24, 2.45) is 0 Å². The topological polar surface area (TPSA) is 94.9 Å². The SMILES string of the molecule is Cc1ccc(C(=O)NC2CC2)cc1NC(=O)N1CCN(C(=O)c2ccco2)CC1. The summed E-state index contributed by atoms with van der Waals surface area (Å²) in [6.07, 6.45) is 3.52. The Morgan fingerprint density at radius 2 is 1.76 bits per heavy atom. The molecule has 1 saturated carbocycles. The number of anilines is 1. The molecule has 1 aromatic heterocycles. The van der Waals surface area contributed by atoms with Gasteiger partial charge < -0.3 is 24.9 Å². The fourth-order valence-electron chi connectivity index (χ4n) is 3.26. The molecule has 1 aromatic carbocycles. The van der Waals surface area contributed by atoms with Gasteiger partial charge in [-0.15, -0.1) is 0 Å². The Bertz CT molecular complexity index is 913. The minimum atomic E-state index is -0.238. The van der Waals surface area contributed by atoms with E-state index >= 15 is 0 Å². The molecule has 2 heterocycles. The Labute approximate surface area is 168 Å². The first-order chi connectivity index (χ1) is 14.0. The van der Waals surface area contributed by atoms with E-state index in [1.807, 2.05) is 13.0 Å². The minimum Gasteiger partial charge on any atom is -0.459 e. The molecule has 2 aromatic rings. The van der Waals surface area contributed by atoms with Crippen LogP contribution >= 0.6 is 0 Å². The average molecular weight is 396 g/mol. The summed E-state index contributed by atoms with van der Waals surface area (Å²) < 4.78 is 5.16. The Morgan fingerprint density at radius 3 is 2.41 bits per heavy atom. The second-order valence-electron chi connectivity index (χ2n) is 7.46. The summed E-state index contributed by atoms with van der Waals surface area (Å²) in [5.41, 5.74) is 2.03. The molecule has 152 valence electrons. The molecule has 8 nitrogen and oxygen atoms in total. The summed E-state index contributed by atoms with van der Waals surface area (Å²) in [4.78, 5) is 40.6. The van der Waals surface area contributed by atoms with Crippen LogP contribution in [-0.2, 0) is 0 Å². The number of nitrogens with one attached hydrogen (secondary N) is 2. The zero-order valence-electron chi connectivity index (χ0n) is 16.3. The summed E-state index contributed by atoms with van der Waals surface area (Å²) in [6.45, 7) is 3.63. The second-order valence-corrected chi connectivity index (χ2v) is 7.46. The van der Waals surface area contributed by atoms with Crippen LogP contribution in [0.1, 0.15) is 39.3 Å². The van der Waals surface area contributed by atoms with E-state index in [2.05, 4.69) is 10.6 Å². The number of furan rings is 1.